The highest BCUT2D eigenvalue weighted by atomic mass is 16.4. The van der Waals surface area contributed by atoms with Crippen LogP contribution in [0, 0.1) is 16.7 Å². The minimum atomic E-state index is -0.868. The van der Waals surface area contributed by atoms with Gasteiger partial charge in [0.15, 0.2) is 0 Å². The average molecular weight is 276 g/mol. The highest BCUT2D eigenvalue weighted by Crippen LogP contribution is 2.56. The summed E-state index contributed by atoms with van der Waals surface area (Å²) < 4.78 is 0. The second-order valence-corrected chi connectivity index (χ2v) is 6.18. The van der Waals surface area contributed by atoms with E-state index < -0.39 is 16.8 Å². The number of pyridine rings is 1. The second kappa shape index (κ2) is 4.89. The Bertz CT molecular complexity index is 527. The van der Waals surface area contributed by atoms with Crippen molar-refractivity contribution in [2.75, 3.05) is 5.32 Å². The molecule has 2 N–H and O–H groups in total. The quantitative estimate of drug-likeness (QED) is 0.889. The van der Waals surface area contributed by atoms with Gasteiger partial charge in [-0.2, -0.15) is 0 Å². The third kappa shape index (κ3) is 2.17. The van der Waals surface area contributed by atoms with Gasteiger partial charge >= 0.3 is 5.97 Å². The maximum Gasteiger partial charge on any atom is 0.309 e. The van der Waals surface area contributed by atoms with E-state index in [4.69, 9.17) is 0 Å². The van der Waals surface area contributed by atoms with Gasteiger partial charge in [-0.05, 0) is 37.3 Å². The fourth-order valence-electron chi connectivity index (χ4n) is 3.01. The maximum atomic E-state index is 12.4. The zero-order valence-corrected chi connectivity index (χ0v) is 12.0. The van der Waals surface area contributed by atoms with E-state index in [9.17, 15) is 14.7 Å². The molecule has 1 saturated carbocycles. The lowest BCUT2D eigenvalue weighted by molar-refractivity contribution is -0.154. The Labute approximate surface area is 118 Å². The molecule has 0 spiro atoms. The average Bonchev–Trinajstić information content (AvgIpc) is 2.63. The fraction of sp³-hybridized carbons (Fsp3) is 0.533. The van der Waals surface area contributed by atoms with Crippen molar-refractivity contribution in [3.63, 3.8) is 0 Å². The second-order valence-electron chi connectivity index (χ2n) is 6.18. The number of carboxylic acid groups (broad SMARTS) is 1. The predicted octanol–water partition coefficient (Wildman–Crippen LogP) is 2.55. The highest BCUT2D eigenvalue weighted by Gasteiger charge is 2.58. The van der Waals surface area contributed by atoms with Crippen molar-refractivity contribution in [2.24, 2.45) is 16.7 Å². The highest BCUT2D eigenvalue weighted by molar-refractivity contribution is 5.94. The van der Waals surface area contributed by atoms with E-state index in [1.807, 2.05) is 13.8 Å². The van der Waals surface area contributed by atoms with E-state index in [-0.39, 0.29) is 11.8 Å². The first-order valence-corrected chi connectivity index (χ1v) is 6.73. The lowest BCUT2D eigenvalue weighted by atomic mass is 9.65. The Morgan fingerprint density at radius 1 is 1.30 bits per heavy atom. The summed E-state index contributed by atoms with van der Waals surface area (Å²) in [5.41, 5.74) is -0.770. The third-order valence-corrected chi connectivity index (χ3v) is 4.96. The van der Waals surface area contributed by atoms with Crippen LogP contribution in [0.25, 0.3) is 0 Å². The van der Waals surface area contributed by atoms with Crippen molar-refractivity contribution < 1.29 is 14.7 Å². The van der Waals surface area contributed by atoms with Gasteiger partial charge in [0, 0.05) is 24.0 Å². The Balaban J connectivity index is 2.18. The molecule has 0 bridgehead atoms. The van der Waals surface area contributed by atoms with Crippen LogP contribution in [0.4, 0.5) is 5.69 Å². The smallest absolute Gasteiger partial charge is 0.309 e. The van der Waals surface area contributed by atoms with E-state index in [1.165, 1.54) is 0 Å². The van der Waals surface area contributed by atoms with E-state index in [0.29, 0.717) is 18.5 Å². The van der Waals surface area contributed by atoms with Gasteiger partial charge in [0.1, 0.15) is 0 Å². The molecule has 2 rings (SSSR count). The Morgan fingerprint density at radius 3 is 2.40 bits per heavy atom. The van der Waals surface area contributed by atoms with Crippen molar-refractivity contribution in [3.05, 3.63) is 24.5 Å². The maximum absolute atomic E-state index is 12.4. The van der Waals surface area contributed by atoms with Gasteiger partial charge in [-0.3, -0.25) is 14.6 Å². The Kier molecular flexibility index (Phi) is 3.54. The topological polar surface area (TPSA) is 79.3 Å². The zero-order chi connectivity index (χ0) is 15.0. The van der Waals surface area contributed by atoms with E-state index in [1.54, 1.807) is 31.5 Å². The standard InChI is InChI=1S/C15H20N2O3/c1-14(2)11(4-7-15(14,3)13(19)20)12(18)17-10-5-8-16-9-6-10/h5-6,8-9,11H,4,7H2,1-3H3,(H,19,20)(H,16,17,18). The largest absolute Gasteiger partial charge is 0.481 e. The summed E-state index contributed by atoms with van der Waals surface area (Å²) in [4.78, 5) is 27.8. The van der Waals surface area contributed by atoms with Crippen LogP contribution in [-0.4, -0.2) is 22.0 Å². The number of carbonyl (C=O) groups is 2. The molecule has 2 unspecified atom stereocenters. The molecule has 1 heterocycles. The van der Waals surface area contributed by atoms with E-state index in [2.05, 4.69) is 10.3 Å². The van der Waals surface area contributed by atoms with Crippen LogP contribution in [0.2, 0.25) is 0 Å². The summed E-state index contributed by atoms with van der Waals surface area (Å²) >= 11 is 0. The van der Waals surface area contributed by atoms with Crippen LogP contribution in [0.15, 0.2) is 24.5 Å². The van der Waals surface area contributed by atoms with Crippen molar-refractivity contribution in [1.82, 2.24) is 4.98 Å². The van der Waals surface area contributed by atoms with E-state index in [0.717, 1.165) is 0 Å². The van der Waals surface area contributed by atoms with Crippen LogP contribution >= 0.6 is 0 Å². The van der Waals surface area contributed by atoms with Gasteiger partial charge in [0.25, 0.3) is 0 Å². The van der Waals surface area contributed by atoms with Crippen molar-refractivity contribution in [2.45, 2.75) is 33.6 Å². The number of aromatic nitrogens is 1. The van der Waals surface area contributed by atoms with Crippen molar-refractivity contribution in [3.8, 4) is 0 Å². The summed E-state index contributed by atoms with van der Waals surface area (Å²) in [6, 6.07) is 3.44. The minimum absolute atomic E-state index is 0.119. The Morgan fingerprint density at radius 2 is 1.90 bits per heavy atom. The van der Waals surface area contributed by atoms with Gasteiger partial charge in [-0.15, -0.1) is 0 Å². The van der Waals surface area contributed by atoms with Gasteiger partial charge < -0.3 is 10.4 Å². The molecule has 1 aromatic heterocycles. The first kappa shape index (κ1) is 14.5. The van der Waals surface area contributed by atoms with Crippen LogP contribution in [0.1, 0.15) is 33.6 Å². The lowest BCUT2D eigenvalue weighted by Gasteiger charge is -2.37. The molecule has 20 heavy (non-hydrogen) atoms. The molecule has 1 aliphatic rings. The van der Waals surface area contributed by atoms with E-state index >= 15 is 0 Å². The number of amides is 1. The Hall–Kier alpha value is -1.91. The summed E-state index contributed by atoms with van der Waals surface area (Å²) in [5, 5.41) is 12.3. The SMILES string of the molecule is CC1(C(=O)O)CCC(C(=O)Nc2ccncc2)C1(C)C. The molecular formula is C15H20N2O3. The molecule has 1 fully saturated rings. The van der Waals surface area contributed by atoms with Gasteiger partial charge in [-0.25, -0.2) is 0 Å². The first-order valence-electron chi connectivity index (χ1n) is 6.73. The van der Waals surface area contributed by atoms with Gasteiger partial charge in [0.2, 0.25) is 5.91 Å². The molecular weight excluding hydrogens is 256 g/mol. The van der Waals surface area contributed by atoms with Crippen molar-refractivity contribution >= 4 is 17.6 Å². The van der Waals surface area contributed by atoms with Gasteiger partial charge in [-0.1, -0.05) is 13.8 Å². The molecule has 1 aromatic rings. The summed E-state index contributed by atoms with van der Waals surface area (Å²) in [7, 11) is 0. The number of nitrogens with one attached hydrogen (secondary N) is 1. The van der Waals surface area contributed by atoms with Crippen LogP contribution < -0.4 is 5.32 Å². The van der Waals surface area contributed by atoms with Crippen LogP contribution in [-0.2, 0) is 9.59 Å². The summed E-state index contributed by atoms with van der Waals surface area (Å²) in [6.45, 7) is 5.46. The number of hydrogen-bond donors (Lipinski definition) is 2. The number of hydrogen-bond acceptors (Lipinski definition) is 3. The molecule has 2 atom stereocenters. The third-order valence-electron chi connectivity index (χ3n) is 4.96. The minimum Gasteiger partial charge on any atom is -0.481 e. The monoisotopic (exact) mass is 276 g/mol. The summed E-state index contributed by atoms with van der Waals surface area (Å²) in [6.07, 6.45) is 4.32. The molecule has 0 radical (unpaired) electrons. The molecule has 5 heteroatoms. The zero-order valence-electron chi connectivity index (χ0n) is 12.0. The molecule has 1 amide bonds. The number of aliphatic carboxylic acids is 1. The number of anilines is 1. The number of carbonyl (C=O) groups excluding carboxylic acids is 1. The van der Waals surface area contributed by atoms with Gasteiger partial charge in [0.05, 0.1) is 5.41 Å². The first-order chi connectivity index (χ1) is 9.29. The molecule has 5 nitrogen and oxygen atoms in total. The fourth-order valence-corrected chi connectivity index (χ4v) is 3.01. The predicted molar refractivity (Wildman–Crippen MR) is 75.1 cm³/mol. The summed E-state index contributed by atoms with van der Waals surface area (Å²) in [5.74, 6) is -1.26. The molecule has 0 aliphatic heterocycles. The van der Waals surface area contributed by atoms with Crippen LogP contribution in [0.3, 0.4) is 0 Å². The normalized spacial score (nSPS) is 28.1. The van der Waals surface area contributed by atoms with Crippen molar-refractivity contribution in [1.29, 1.82) is 0 Å². The number of rotatable bonds is 3. The number of carboxylic acids is 1. The molecule has 108 valence electrons. The molecule has 0 saturated heterocycles. The number of nitrogens with zero attached hydrogens (tertiary/aromatic N) is 1. The van der Waals surface area contributed by atoms with Crippen LogP contribution in [0.5, 0.6) is 0 Å². The molecule has 0 aromatic carbocycles. The molecule has 1 aliphatic carbocycles. The lowest BCUT2D eigenvalue weighted by Crippen LogP contribution is -2.43.